The van der Waals surface area contributed by atoms with Crippen molar-refractivity contribution in [1.82, 2.24) is 15.0 Å². The molecule has 0 spiro atoms. The fraction of sp³-hybridized carbons (Fsp3) is 0.188. The van der Waals surface area contributed by atoms with Gasteiger partial charge in [-0.1, -0.05) is 11.2 Å². The zero-order valence-electron chi connectivity index (χ0n) is 12.9. The van der Waals surface area contributed by atoms with Crippen molar-refractivity contribution in [3.63, 3.8) is 0 Å². The summed E-state index contributed by atoms with van der Waals surface area (Å²) in [7, 11) is 1.94. The normalized spacial score (nSPS) is 12.1. The highest BCUT2D eigenvalue weighted by molar-refractivity contribution is 6.39. The standard InChI is InChI=1S/C16H16N4O4/c1-20-6-4-10-8-11(2-3-12(10)20)13(21)9-17-15(22)16(23)18-14-5-7-24-19-14/h2-8,13,21H,9H2,1H3,(H,17,22)(H,18,19,23)/t13-/m0/s1. The lowest BCUT2D eigenvalue weighted by molar-refractivity contribution is -0.136. The second-order valence-corrected chi connectivity index (χ2v) is 5.31. The van der Waals surface area contributed by atoms with E-state index in [4.69, 9.17) is 0 Å². The summed E-state index contributed by atoms with van der Waals surface area (Å²) in [6, 6.07) is 8.88. The van der Waals surface area contributed by atoms with Crippen LogP contribution in [0.3, 0.4) is 0 Å². The third-order valence-corrected chi connectivity index (χ3v) is 3.64. The fourth-order valence-electron chi connectivity index (χ4n) is 2.34. The quantitative estimate of drug-likeness (QED) is 0.618. The van der Waals surface area contributed by atoms with E-state index in [2.05, 4.69) is 20.3 Å². The second-order valence-electron chi connectivity index (χ2n) is 5.31. The van der Waals surface area contributed by atoms with Crippen LogP contribution in [0.2, 0.25) is 0 Å². The summed E-state index contributed by atoms with van der Waals surface area (Å²) in [5, 5.41) is 19.3. The van der Waals surface area contributed by atoms with Crippen LogP contribution in [0.15, 0.2) is 47.3 Å². The average Bonchev–Trinajstić information content (AvgIpc) is 3.22. The van der Waals surface area contributed by atoms with Crippen molar-refractivity contribution in [2.75, 3.05) is 11.9 Å². The molecule has 0 aliphatic heterocycles. The number of aliphatic hydroxyl groups is 1. The van der Waals surface area contributed by atoms with Crippen LogP contribution in [0, 0.1) is 0 Å². The number of amides is 2. The lowest BCUT2D eigenvalue weighted by atomic mass is 10.1. The van der Waals surface area contributed by atoms with Crippen molar-refractivity contribution in [3.8, 4) is 0 Å². The molecular weight excluding hydrogens is 312 g/mol. The van der Waals surface area contributed by atoms with Crippen molar-refractivity contribution in [3.05, 3.63) is 48.4 Å². The maximum Gasteiger partial charge on any atom is 0.314 e. The van der Waals surface area contributed by atoms with Gasteiger partial charge in [0.2, 0.25) is 0 Å². The number of benzene rings is 1. The van der Waals surface area contributed by atoms with Crippen molar-refractivity contribution in [1.29, 1.82) is 0 Å². The molecule has 2 heterocycles. The maximum absolute atomic E-state index is 11.7. The van der Waals surface area contributed by atoms with Crippen LogP contribution >= 0.6 is 0 Å². The maximum atomic E-state index is 11.7. The molecule has 3 aromatic rings. The van der Waals surface area contributed by atoms with Gasteiger partial charge < -0.3 is 19.5 Å². The lowest BCUT2D eigenvalue weighted by Gasteiger charge is -2.12. The Kier molecular flexibility index (Phi) is 4.30. The van der Waals surface area contributed by atoms with E-state index >= 15 is 0 Å². The molecular formula is C16H16N4O4. The molecule has 2 amide bonds. The van der Waals surface area contributed by atoms with E-state index in [-0.39, 0.29) is 12.4 Å². The lowest BCUT2D eigenvalue weighted by Crippen LogP contribution is -2.37. The molecule has 124 valence electrons. The van der Waals surface area contributed by atoms with Crippen molar-refractivity contribution in [2.45, 2.75) is 6.10 Å². The Balaban J connectivity index is 1.58. The van der Waals surface area contributed by atoms with Crippen LogP contribution in [0.4, 0.5) is 5.82 Å². The zero-order chi connectivity index (χ0) is 17.1. The van der Waals surface area contributed by atoms with Gasteiger partial charge in [-0.3, -0.25) is 14.9 Å². The molecule has 3 rings (SSSR count). The zero-order valence-corrected chi connectivity index (χ0v) is 12.9. The monoisotopic (exact) mass is 328 g/mol. The first-order valence-electron chi connectivity index (χ1n) is 7.27. The van der Waals surface area contributed by atoms with Gasteiger partial charge in [-0.05, 0) is 29.1 Å². The van der Waals surface area contributed by atoms with Gasteiger partial charge in [0.25, 0.3) is 0 Å². The van der Waals surface area contributed by atoms with Gasteiger partial charge in [0.1, 0.15) is 6.26 Å². The molecule has 24 heavy (non-hydrogen) atoms. The van der Waals surface area contributed by atoms with E-state index in [0.717, 1.165) is 10.9 Å². The molecule has 1 aromatic carbocycles. The number of hydrogen-bond donors (Lipinski definition) is 3. The number of nitrogens with one attached hydrogen (secondary N) is 2. The topological polar surface area (TPSA) is 109 Å². The molecule has 0 aliphatic rings. The number of fused-ring (bicyclic) bond motifs is 1. The van der Waals surface area contributed by atoms with Gasteiger partial charge >= 0.3 is 11.8 Å². The average molecular weight is 328 g/mol. The molecule has 2 aromatic heterocycles. The third kappa shape index (κ3) is 3.28. The largest absolute Gasteiger partial charge is 0.387 e. The summed E-state index contributed by atoms with van der Waals surface area (Å²) < 4.78 is 6.52. The van der Waals surface area contributed by atoms with Gasteiger partial charge in [0, 0.05) is 31.4 Å². The molecule has 8 nitrogen and oxygen atoms in total. The summed E-state index contributed by atoms with van der Waals surface area (Å²) in [5.74, 6) is -1.60. The highest BCUT2D eigenvalue weighted by Gasteiger charge is 2.17. The summed E-state index contributed by atoms with van der Waals surface area (Å²) in [5.41, 5.74) is 1.70. The Labute approximate surface area is 137 Å². The number of aliphatic hydroxyl groups excluding tert-OH is 1. The molecule has 0 bridgehead atoms. The minimum atomic E-state index is -0.918. The predicted octanol–water partition coefficient (Wildman–Crippen LogP) is 0.955. The van der Waals surface area contributed by atoms with Crippen molar-refractivity contribution in [2.24, 2.45) is 7.05 Å². The van der Waals surface area contributed by atoms with Gasteiger partial charge in [0.15, 0.2) is 5.82 Å². The third-order valence-electron chi connectivity index (χ3n) is 3.64. The number of carbonyl (C=O) groups excluding carboxylic acids is 2. The van der Waals surface area contributed by atoms with Crippen LogP contribution in [0.1, 0.15) is 11.7 Å². The summed E-state index contributed by atoms with van der Waals surface area (Å²) in [6.45, 7) is -0.0800. The number of nitrogens with zero attached hydrogens (tertiary/aromatic N) is 2. The van der Waals surface area contributed by atoms with E-state index in [1.807, 2.05) is 36.0 Å². The van der Waals surface area contributed by atoms with E-state index in [1.165, 1.54) is 12.3 Å². The molecule has 8 heteroatoms. The highest BCUT2D eigenvalue weighted by atomic mass is 16.5. The molecule has 3 N–H and O–H groups in total. The van der Waals surface area contributed by atoms with Crippen LogP contribution in [-0.4, -0.2) is 33.2 Å². The van der Waals surface area contributed by atoms with Crippen LogP contribution in [0.25, 0.3) is 10.9 Å². The first kappa shape index (κ1) is 15.8. The van der Waals surface area contributed by atoms with Crippen molar-refractivity contribution >= 4 is 28.5 Å². The summed E-state index contributed by atoms with van der Waals surface area (Å²) >= 11 is 0. The van der Waals surface area contributed by atoms with Gasteiger partial charge in [-0.2, -0.15) is 0 Å². The Morgan fingerprint density at radius 1 is 1.29 bits per heavy atom. The van der Waals surface area contributed by atoms with Crippen LogP contribution in [-0.2, 0) is 16.6 Å². The molecule has 0 radical (unpaired) electrons. The Bertz CT molecular complexity index is 869. The Morgan fingerprint density at radius 3 is 2.88 bits per heavy atom. The molecule has 1 atom stereocenters. The van der Waals surface area contributed by atoms with Gasteiger partial charge in [-0.15, -0.1) is 0 Å². The SMILES string of the molecule is Cn1ccc2cc([C@@H](O)CNC(=O)C(=O)Nc3ccon3)ccc21. The molecule has 0 fully saturated rings. The highest BCUT2D eigenvalue weighted by Crippen LogP contribution is 2.20. The molecule has 0 aliphatic carbocycles. The van der Waals surface area contributed by atoms with E-state index in [0.29, 0.717) is 5.56 Å². The summed E-state index contributed by atoms with van der Waals surface area (Å²) in [4.78, 5) is 23.4. The molecule has 0 unspecified atom stereocenters. The molecule has 0 saturated carbocycles. The second kappa shape index (κ2) is 6.55. The van der Waals surface area contributed by atoms with Crippen LogP contribution < -0.4 is 10.6 Å². The fourth-order valence-corrected chi connectivity index (χ4v) is 2.34. The minimum absolute atomic E-state index is 0.0800. The Hall–Kier alpha value is -3.13. The number of aromatic nitrogens is 2. The van der Waals surface area contributed by atoms with E-state index < -0.39 is 17.9 Å². The van der Waals surface area contributed by atoms with E-state index in [9.17, 15) is 14.7 Å². The van der Waals surface area contributed by atoms with E-state index in [1.54, 1.807) is 6.07 Å². The van der Waals surface area contributed by atoms with Crippen molar-refractivity contribution < 1.29 is 19.2 Å². The number of aryl methyl sites for hydroxylation is 1. The first-order valence-corrected chi connectivity index (χ1v) is 7.27. The summed E-state index contributed by atoms with van der Waals surface area (Å²) in [6.07, 6.45) is 2.28. The molecule has 0 saturated heterocycles. The minimum Gasteiger partial charge on any atom is -0.387 e. The van der Waals surface area contributed by atoms with Crippen LogP contribution in [0.5, 0.6) is 0 Å². The number of anilines is 1. The predicted molar refractivity (Wildman–Crippen MR) is 86.0 cm³/mol. The van der Waals surface area contributed by atoms with Gasteiger partial charge in [-0.25, -0.2) is 0 Å². The first-order chi connectivity index (χ1) is 11.5. The van der Waals surface area contributed by atoms with Gasteiger partial charge in [0.05, 0.1) is 6.10 Å². The Morgan fingerprint density at radius 2 is 2.12 bits per heavy atom. The number of carbonyl (C=O) groups is 2. The number of hydrogen-bond acceptors (Lipinski definition) is 5. The number of rotatable bonds is 4. The smallest absolute Gasteiger partial charge is 0.314 e.